The van der Waals surface area contributed by atoms with E-state index in [0.717, 1.165) is 22.5 Å². The third-order valence-electron chi connectivity index (χ3n) is 4.24. The van der Waals surface area contributed by atoms with Gasteiger partial charge >= 0.3 is 5.97 Å². The van der Waals surface area contributed by atoms with Crippen molar-refractivity contribution in [2.75, 3.05) is 25.6 Å². The monoisotopic (exact) mass is 362 g/mol. The second-order valence-corrected chi connectivity index (χ2v) is 6.13. The molecule has 27 heavy (non-hydrogen) atoms. The second-order valence-electron chi connectivity index (χ2n) is 6.13. The Kier molecular flexibility index (Phi) is 4.42. The molecule has 1 aliphatic rings. The van der Waals surface area contributed by atoms with Gasteiger partial charge in [0.2, 0.25) is 0 Å². The van der Waals surface area contributed by atoms with E-state index in [1.54, 1.807) is 12.3 Å². The van der Waals surface area contributed by atoms with Crippen LogP contribution in [0.2, 0.25) is 0 Å². The molecule has 0 atom stereocenters. The van der Waals surface area contributed by atoms with Gasteiger partial charge < -0.3 is 14.8 Å². The van der Waals surface area contributed by atoms with Crippen LogP contribution < -0.4 is 10.1 Å². The fourth-order valence-corrected chi connectivity index (χ4v) is 2.97. The van der Waals surface area contributed by atoms with Crippen LogP contribution in [-0.4, -0.2) is 41.2 Å². The van der Waals surface area contributed by atoms with E-state index in [4.69, 9.17) is 9.47 Å². The van der Waals surface area contributed by atoms with E-state index < -0.39 is 5.97 Å². The highest BCUT2D eigenvalue weighted by Crippen LogP contribution is 2.39. The summed E-state index contributed by atoms with van der Waals surface area (Å²) >= 11 is 0. The smallest absolute Gasteiger partial charge is 0.339 e. The summed E-state index contributed by atoms with van der Waals surface area (Å²) in [6, 6.07) is 9.44. The number of ether oxygens (including phenoxy) is 2. The average Bonchev–Trinajstić information content (AvgIpc) is 2.72. The van der Waals surface area contributed by atoms with Gasteiger partial charge in [0, 0.05) is 29.2 Å². The van der Waals surface area contributed by atoms with E-state index >= 15 is 0 Å². The van der Waals surface area contributed by atoms with E-state index in [2.05, 4.69) is 20.3 Å². The predicted octanol–water partition coefficient (Wildman–Crippen LogP) is 3.10. The van der Waals surface area contributed by atoms with E-state index in [-0.39, 0.29) is 0 Å². The molecule has 7 nitrogen and oxygen atoms in total. The SMILES string of the molecule is COC(=O)c1cncc(-c2cc(-c3cccc(C)n3)nc3c2OCCN3)c1. The van der Waals surface area contributed by atoms with Crippen LogP contribution in [0.3, 0.4) is 0 Å². The fourth-order valence-electron chi connectivity index (χ4n) is 2.97. The molecule has 0 spiro atoms. The maximum Gasteiger partial charge on any atom is 0.339 e. The highest BCUT2D eigenvalue weighted by Gasteiger charge is 2.21. The molecule has 1 aliphatic heterocycles. The summed E-state index contributed by atoms with van der Waals surface area (Å²) in [4.78, 5) is 25.3. The normalized spacial score (nSPS) is 12.5. The number of anilines is 1. The summed E-state index contributed by atoms with van der Waals surface area (Å²) in [5.41, 5.74) is 4.31. The number of methoxy groups -OCH3 is 1. The minimum Gasteiger partial charge on any atom is -0.487 e. The molecule has 0 fully saturated rings. The molecule has 4 rings (SSSR count). The standard InChI is InChI=1S/C20H18N4O3/c1-12-4-3-5-16(23-12)17-9-15(18-19(24-17)22-6-7-27-18)13-8-14(11-21-10-13)20(25)26-2/h3-5,8-11H,6-7H2,1-2H3,(H,22,24). The molecule has 0 unspecified atom stereocenters. The van der Waals surface area contributed by atoms with Crippen molar-refractivity contribution in [2.24, 2.45) is 0 Å². The molecule has 3 aromatic rings. The maximum atomic E-state index is 11.9. The van der Waals surface area contributed by atoms with Crippen molar-refractivity contribution in [1.82, 2.24) is 15.0 Å². The summed E-state index contributed by atoms with van der Waals surface area (Å²) < 4.78 is 10.7. The second kappa shape index (κ2) is 7.03. The van der Waals surface area contributed by atoms with E-state index in [1.165, 1.54) is 13.3 Å². The fraction of sp³-hybridized carbons (Fsp3) is 0.200. The van der Waals surface area contributed by atoms with Gasteiger partial charge in [-0.3, -0.25) is 9.97 Å². The first-order chi connectivity index (χ1) is 13.2. The van der Waals surface area contributed by atoms with E-state index in [0.29, 0.717) is 36.0 Å². The van der Waals surface area contributed by atoms with Crippen molar-refractivity contribution >= 4 is 11.8 Å². The molecule has 3 aromatic heterocycles. The summed E-state index contributed by atoms with van der Waals surface area (Å²) in [6.07, 6.45) is 3.17. The number of esters is 1. The van der Waals surface area contributed by atoms with Crippen LogP contribution in [0.1, 0.15) is 16.1 Å². The van der Waals surface area contributed by atoms with E-state index in [9.17, 15) is 4.79 Å². The van der Waals surface area contributed by atoms with Crippen molar-refractivity contribution < 1.29 is 14.3 Å². The highest BCUT2D eigenvalue weighted by molar-refractivity contribution is 5.91. The van der Waals surface area contributed by atoms with Crippen LogP contribution in [-0.2, 0) is 4.74 Å². The molecule has 0 aliphatic carbocycles. The highest BCUT2D eigenvalue weighted by atomic mass is 16.5. The molecule has 1 N–H and O–H groups in total. The Morgan fingerprint density at radius 2 is 2.07 bits per heavy atom. The largest absolute Gasteiger partial charge is 0.487 e. The molecule has 0 aromatic carbocycles. The van der Waals surface area contributed by atoms with Crippen LogP contribution in [0.4, 0.5) is 5.82 Å². The minimum absolute atomic E-state index is 0.375. The maximum absolute atomic E-state index is 11.9. The Labute approximate surface area is 156 Å². The van der Waals surface area contributed by atoms with Gasteiger partial charge in [0.25, 0.3) is 0 Å². The number of aromatic nitrogens is 3. The van der Waals surface area contributed by atoms with Crippen LogP contribution in [0, 0.1) is 6.92 Å². The zero-order valence-electron chi connectivity index (χ0n) is 15.0. The predicted molar refractivity (Wildman–Crippen MR) is 101 cm³/mol. The summed E-state index contributed by atoms with van der Waals surface area (Å²) in [5, 5.41) is 3.27. The topological polar surface area (TPSA) is 86.2 Å². The number of nitrogens with zero attached hydrogens (tertiary/aromatic N) is 3. The molecule has 0 saturated heterocycles. The third kappa shape index (κ3) is 3.31. The van der Waals surface area contributed by atoms with Gasteiger partial charge in [0.1, 0.15) is 6.61 Å². The van der Waals surface area contributed by atoms with Gasteiger partial charge in [-0.25, -0.2) is 9.78 Å². The summed E-state index contributed by atoms with van der Waals surface area (Å²) in [7, 11) is 1.35. The van der Waals surface area contributed by atoms with Crippen molar-refractivity contribution in [3.63, 3.8) is 0 Å². The molecule has 0 bridgehead atoms. The Morgan fingerprint density at radius 3 is 2.89 bits per heavy atom. The summed E-state index contributed by atoms with van der Waals surface area (Å²) in [5.74, 6) is 0.855. The lowest BCUT2D eigenvalue weighted by Gasteiger charge is -2.22. The number of carbonyl (C=O) groups is 1. The van der Waals surface area contributed by atoms with Crippen LogP contribution >= 0.6 is 0 Å². The molecule has 0 amide bonds. The molecular weight excluding hydrogens is 344 g/mol. The molecule has 0 radical (unpaired) electrons. The summed E-state index contributed by atoms with van der Waals surface area (Å²) in [6.45, 7) is 3.15. The number of rotatable bonds is 3. The zero-order valence-corrected chi connectivity index (χ0v) is 15.0. The van der Waals surface area contributed by atoms with Crippen LogP contribution in [0.25, 0.3) is 22.5 Å². The van der Waals surface area contributed by atoms with E-state index in [1.807, 2.05) is 31.2 Å². The Morgan fingerprint density at radius 1 is 1.19 bits per heavy atom. The first-order valence-corrected chi connectivity index (χ1v) is 8.55. The quantitative estimate of drug-likeness (QED) is 0.717. The lowest BCUT2D eigenvalue weighted by atomic mass is 10.0. The number of fused-ring (bicyclic) bond motifs is 1. The Balaban J connectivity index is 1.89. The lowest BCUT2D eigenvalue weighted by molar-refractivity contribution is 0.0600. The number of hydrogen-bond donors (Lipinski definition) is 1. The van der Waals surface area contributed by atoms with Crippen molar-refractivity contribution in [3.8, 4) is 28.3 Å². The first kappa shape index (κ1) is 17.0. The van der Waals surface area contributed by atoms with Gasteiger partial charge in [-0.1, -0.05) is 6.07 Å². The van der Waals surface area contributed by atoms with Gasteiger partial charge in [-0.2, -0.15) is 0 Å². The number of carbonyl (C=O) groups excluding carboxylic acids is 1. The lowest BCUT2D eigenvalue weighted by Crippen LogP contribution is -2.20. The Bertz CT molecular complexity index is 1020. The molecule has 136 valence electrons. The number of hydrogen-bond acceptors (Lipinski definition) is 7. The van der Waals surface area contributed by atoms with Gasteiger partial charge in [-0.05, 0) is 31.2 Å². The van der Waals surface area contributed by atoms with Crippen LogP contribution in [0.5, 0.6) is 5.75 Å². The van der Waals surface area contributed by atoms with Gasteiger partial charge in [0.05, 0.1) is 30.6 Å². The van der Waals surface area contributed by atoms with Gasteiger partial charge in [0.15, 0.2) is 11.6 Å². The molecule has 4 heterocycles. The van der Waals surface area contributed by atoms with Crippen molar-refractivity contribution in [1.29, 1.82) is 0 Å². The zero-order chi connectivity index (χ0) is 18.8. The number of aryl methyl sites for hydroxylation is 1. The molecular formula is C20H18N4O3. The van der Waals surface area contributed by atoms with Gasteiger partial charge in [-0.15, -0.1) is 0 Å². The van der Waals surface area contributed by atoms with Crippen LogP contribution in [0.15, 0.2) is 42.7 Å². The average molecular weight is 362 g/mol. The Hall–Kier alpha value is -3.48. The molecule has 7 heteroatoms. The number of pyridine rings is 3. The third-order valence-corrected chi connectivity index (χ3v) is 4.24. The van der Waals surface area contributed by atoms with Crippen molar-refractivity contribution in [2.45, 2.75) is 6.92 Å². The minimum atomic E-state index is -0.438. The number of nitrogens with one attached hydrogen (secondary N) is 1. The van der Waals surface area contributed by atoms with Crippen molar-refractivity contribution in [3.05, 3.63) is 54.0 Å². The first-order valence-electron chi connectivity index (χ1n) is 8.55. The molecule has 0 saturated carbocycles.